The summed E-state index contributed by atoms with van der Waals surface area (Å²) >= 11 is 0. The van der Waals surface area contributed by atoms with Gasteiger partial charge in [0, 0.05) is 51.7 Å². The predicted molar refractivity (Wildman–Crippen MR) is 59.7 cm³/mol. The fourth-order valence-electron chi connectivity index (χ4n) is 2.50. The number of nitrogens with one attached hydrogen (secondary N) is 1. The van der Waals surface area contributed by atoms with E-state index < -0.39 is 0 Å². The van der Waals surface area contributed by atoms with Gasteiger partial charge in [-0.15, -0.1) is 0 Å². The first-order valence-electron chi connectivity index (χ1n) is 6.00. The van der Waals surface area contributed by atoms with Gasteiger partial charge in [0.05, 0.1) is 0 Å². The van der Waals surface area contributed by atoms with Gasteiger partial charge in [-0.25, -0.2) is 0 Å². The third kappa shape index (κ3) is 2.69. The van der Waals surface area contributed by atoms with Crippen LogP contribution in [-0.2, 0) is 4.79 Å². The van der Waals surface area contributed by atoms with Crippen LogP contribution in [-0.4, -0.2) is 61.0 Å². The van der Waals surface area contributed by atoms with E-state index in [-0.39, 0.29) is 0 Å². The molecule has 0 spiro atoms. The van der Waals surface area contributed by atoms with Crippen LogP contribution in [0.5, 0.6) is 0 Å². The van der Waals surface area contributed by atoms with Crippen molar-refractivity contribution in [3.8, 4) is 0 Å². The Labute approximate surface area is 91.6 Å². The molecule has 2 heterocycles. The highest BCUT2D eigenvalue weighted by molar-refractivity contribution is 5.78. The Morgan fingerprint density at radius 3 is 2.67 bits per heavy atom. The van der Waals surface area contributed by atoms with Crippen molar-refractivity contribution in [2.24, 2.45) is 0 Å². The summed E-state index contributed by atoms with van der Waals surface area (Å²) in [5.41, 5.74) is 0. The van der Waals surface area contributed by atoms with E-state index in [0.29, 0.717) is 11.9 Å². The van der Waals surface area contributed by atoms with Gasteiger partial charge in [0.1, 0.15) is 0 Å². The van der Waals surface area contributed by atoms with Gasteiger partial charge >= 0.3 is 0 Å². The molecule has 15 heavy (non-hydrogen) atoms. The molecule has 0 saturated carbocycles. The van der Waals surface area contributed by atoms with Gasteiger partial charge in [-0.2, -0.15) is 0 Å². The van der Waals surface area contributed by atoms with Crippen LogP contribution in [0.1, 0.15) is 19.8 Å². The first-order valence-corrected chi connectivity index (χ1v) is 6.00. The number of carbonyl (C=O) groups is 1. The normalized spacial score (nSPS) is 25.9. The lowest BCUT2D eigenvalue weighted by Gasteiger charge is -2.33. The van der Waals surface area contributed by atoms with Crippen LogP contribution < -0.4 is 5.32 Å². The van der Waals surface area contributed by atoms with E-state index in [2.05, 4.69) is 17.1 Å². The monoisotopic (exact) mass is 211 g/mol. The summed E-state index contributed by atoms with van der Waals surface area (Å²) in [6.45, 7) is 8.57. The molecule has 1 amide bonds. The van der Waals surface area contributed by atoms with Crippen LogP contribution in [0.15, 0.2) is 0 Å². The van der Waals surface area contributed by atoms with Gasteiger partial charge in [-0.05, 0) is 13.3 Å². The van der Waals surface area contributed by atoms with E-state index >= 15 is 0 Å². The van der Waals surface area contributed by atoms with E-state index in [1.54, 1.807) is 0 Å². The molecule has 0 aromatic carbocycles. The largest absolute Gasteiger partial charge is 0.339 e. The Bertz CT molecular complexity index is 226. The zero-order valence-electron chi connectivity index (χ0n) is 9.54. The average Bonchev–Trinajstić information content (AvgIpc) is 2.66. The Balaban J connectivity index is 1.80. The van der Waals surface area contributed by atoms with Gasteiger partial charge in [-0.3, -0.25) is 9.69 Å². The second kappa shape index (κ2) is 4.94. The molecule has 0 bridgehead atoms. The third-order valence-corrected chi connectivity index (χ3v) is 3.37. The number of likely N-dealkylation sites (tertiary alicyclic amines) is 1. The summed E-state index contributed by atoms with van der Waals surface area (Å²) in [4.78, 5) is 16.0. The molecule has 0 aromatic heterocycles. The van der Waals surface area contributed by atoms with Gasteiger partial charge < -0.3 is 10.2 Å². The number of hydrogen-bond acceptors (Lipinski definition) is 3. The molecule has 2 saturated heterocycles. The van der Waals surface area contributed by atoms with Crippen molar-refractivity contribution in [2.75, 3.05) is 39.3 Å². The standard InChI is InChI=1S/C11H21N3O/c1-10(14-6-2-3-11(14)15)9-13-7-4-12-5-8-13/h10,12H,2-9H2,1H3. The molecule has 0 aromatic rings. The number of nitrogens with zero attached hydrogens (tertiary/aromatic N) is 2. The van der Waals surface area contributed by atoms with Crippen molar-refractivity contribution in [1.82, 2.24) is 15.1 Å². The van der Waals surface area contributed by atoms with Crippen molar-refractivity contribution in [2.45, 2.75) is 25.8 Å². The second-order valence-electron chi connectivity index (χ2n) is 4.59. The first kappa shape index (κ1) is 10.9. The molecule has 2 aliphatic heterocycles. The Morgan fingerprint density at radius 2 is 2.07 bits per heavy atom. The SMILES string of the molecule is CC(CN1CCNCC1)N1CCCC1=O. The van der Waals surface area contributed by atoms with Crippen molar-refractivity contribution in [1.29, 1.82) is 0 Å². The molecule has 2 fully saturated rings. The van der Waals surface area contributed by atoms with Crippen molar-refractivity contribution >= 4 is 5.91 Å². The van der Waals surface area contributed by atoms with Crippen molar-refractivity contribution < 1.29 is 4.79 Å². The number of rotatable bonds is 3. The van der Waals surface area contributed by atoms with Gasteiger partial charge in [-0.1, -0.05) is 0 Å². The average molecular weight is 211 g/mol. The molecule has 86 valence electrons. The minimum absolute atomic E-state index is 0.345. The lowest BCUT2D eigenvalue weighted by atomic mass is 10.2. The first-order chi connectivity index (χ1) is 7.27. The van der Waals surface area contributed by atoms with Crippen LogP contribution in [0.3, 0.4) is 0 Å². The fourth-order valence-corrected chi connectivity index (χ4v) is 2.50. The number of carbonyl (C=O) groups excluding carboxylic acids is 1. The summed E-state index contributed by atoms with van der Waals surface area (Å²) in [6, 6.07) is 0.387. The number of amides is 1. The highest BCUT2D eigenvalue weighted by Crippen LogP contribution is 2.14. The van der Waals surface area contributed by atoms with Crippen molar-refractivity contribution in [3.63, 3.8) is 0 Å². The maximum atomic E-state index is 11.6. The second-order valence-corrected chi connectivity index (χ2v) is 4.59. The van der Waals surface area contributed by atoms with Crippen LogP contribution in [0.2, 0.25) is 0 Å². The van der Waals surface area contributed by atoms with Gasteiger partial charge in [0.2, 0.25) is 5.91 Å². The van der Waals surface area contributed by atoms with Gasteiger partial charge in [0.15, 0.2) is 0 Å². The summed E-state index contributed by atoms with van der Waals surface area (Å²) in [7, 11) is 0. The topological polar surface area (TPSA) is 35.6 Å². The van der Waals surface area contributed by atoms with E-state index in [9.17, 15) is 4.79 Å². The third-order valence-electron chi connectivity index (χ3n) is 3.37. The Morgan fingerprint density at radius 1 is 1.33 bits per heavy atom. The van der Waals surface area contributed by atoms with Crippen LogP contribution in [0.4, 0.5) is 0 Å². The highest BCUT2D eigenvalue weighted by atomic mass is 16.2. The molecule has 1 atom stereocenters. The minimum Gasteiger partial charge on any atom is -0.339 e. The predicted octanol–water partition coefficient (Wildman–Crippen LogP) is -0.0975. The quantitative estimate of drug-likeness (QED) is 0.708. The summed E-state index contributed by atoms with van der Waals surface area (Å²) in [5.74, 6) is 0.345. The van der Waals surface area contributed by atoms with Gasteiger partial charge in [0.25, 0.3) is 0 Å². The number of hydrogen-bond donors (Lipinski definition) is 1. The Hall–Kier alpha value is -0.610. The van der Waals surface area contributed by atoms with E-state index in [1.165, 1.54) is 0 Å². The van der Waals surface area contributed by atoms with E-state index in [4.69, 9.17) is 0 Å². The molecule has 4 nitrogen and oxygen atoms in total. The zero-order valence-corrected chi connectivity index (χ0v) is 9.54. The Kier molecular flexibility index (Phi) is 3.59. The molecule has 4 heteroatoms. The maximum absolute atomic E-state index is 11.6. The van der Waals surface area contributed by atoms with Crippen LogP contribution in [0, 0.1) is 0 Å². The maximum Gasteiger partial charge on any atom is 0.222 e. The molecular weight excluding hydrogens is 190 g/mol. The highest BCUT2D eigenvalue weighted by Gasteiger charge is 2.26. The van der Waals surface area contributed by atoms with E-state index in [0.717, 1.165) is 52.1 Å². The molecule has 2 rings (SSSR count). The minimum atomic E-state index is 0.345. The van der Waals surface area contributed by atoms with Crippen LogP contribution in [0.25, 0.3) is 0 Å². The summed E-state index contributed by atoms with van der Waals surface area (Å²) < 4.78 is 0. The lowest BCUT2D eigenvalue weighted by Crippen LogP contribution is -2.49. The molecular formula is C11H21N3O. The zero-order chi connectivity index (χ0) is 10.7. The summed E-state index contributed by atoms with van der Waals surface area (Å²) in [6.07, 6.45) is 1.80. The summed E-state index contributed by atoms with van der Waals surface area (Å²) in [5, 5.41) is 3.34. The van der Waals surface area contributed by atoms with E-state index in [1.807, 2.05) is 4.90 Å². The molecule has 1 unspecified atom stereocenters. The molecule has 2 aliphatic rings. The molecule has 0 aliphatic carbocycles. The van der Waals surface area contributed by atoms with Crippen LogP contribution >= 0.6 is 0 Å². The van der Waals surface area contributed by atoms with Crippen molar-refractivity contribution in [3.05, 3.63) is 0 Å². The molecule has 1 N–H and O–H groups in total. The fraction of sp³-hybridized carbons (Fsp3) is 0.909. The molecule has 0 radical (unpaired) electrons. The lowest BCUT2D eigenvalue weighted by molar-refractivity contribution is -0.129. The number of piperazine rings is 1. The smallest absolute Gasteiger partial charge is 0.222 e.